The van der Waals surface area contributed by atoms with E-state index < -0.39 is 20.2 Å². The van der Waals surface area contributed by atoms with Gasteiger partial charge in [-0.25, -0.2) is 0 Å². The molecule has 0 aliphatic rings. The number of carbonyl (C=O) groups excluding carboxylic acids is 1. The van der Waals surface area contributed by atoms with Gasteiger partial charge in [-0.3, -0.25) is 0 Å². The van der Waals surface area contributed by atoms with Gasteiger partial charge in [0.05, 0.1) is 0 Å². The monoisotopic (exact) mass is 334 g/mol. The van der Waals surface area contributed by atoms with Gasteiger partial charge >= 0.3 is 102 Å². The van der Waals surface area contributed by atoms with Crippen molar-refractivity contribution in [1.82, 2.24) is 10.3 Å². The molecule has 0 saturated heterocycles. The number of unbranched alkanes of at least 4 members (excludes halogenated alkanes) is 1. The molecular formula is C9H16N3O3Sn+. The molecule has 0 spiro atoms. The SMILES string of the molecule is CCC[CH2][Sn](=[O])[O]C(=O)CC[n+]1ccn[nH]1. The quantitative estimate of drug-likeness (QED) is 0.577. The Hall–Kier alpha value is -0.791. The third kappa shape index (κ3) is 5.34. The van der Waals surface area contributed by atoms with E-state index in [9.17, 15) is 7.87 Å². The minimum atomic E-state index is -3.06. The summed E-state index contributed by atoms with van der Waals surface area (Å²) in [6, 6.07) is 0. The molecule has 1 N–H and O–H groups in total. The zero-order chi connectivity index (χ0) is 11.8. The fraction of sp³-hybridized carbons (Fsp3) is 0.667. The fourth-order valence-corrected chi connectivity index (χ4v) is 4.28. The maximum atomic E-state index is 11.4. The topological polar surface area (TPSA) is 75.9 Å². The molecule has 0 aliphatic carbocycles. The maximum absolute atomic E-state index is 11.4. The van der Waals surface area contributed by atoms with Crippen molar-refractivity contribution in [1.29, 1.82) is 0 Å². The summed E-state index contributed by atoms with van der Waals surface area (Å²) in [6.45, 7) is 2.50. The fourth-order valence-electron chi connectivity index (χ4n) is 1.14. The molecule has 0 radical (unpaired) electrons. The van der Waals surface area contributed by atoms with Gasteiger partial charge in [0.1, 0.15) is 0 Å². The summed E-state index contributed by atoms with van der Waals surface area (Å²) in [4.78, 5) is 11.3. The van der Waals surface area contributed by atoms with Crippen LogP contribution in [0.15, 0.2) is 12.4 Å². The van der Waals surface area contributed by atoms with Crippen LogP contribution in [0.4, 0.5) is 0 Å². The summed E-state index contributed by atoms with van der Waals surface area (Å²) in [5.41, 5.74) is 0. The van der Waals surface area contributed by atoms with Crippen molar-refractivity contribution in [3.05, 3.63) is 12.4 Å². The van der Waals surface area contributed by atoms with Gasteiger partial charge in [0.2, 0.25) is 0 Å². The Bertz CT molecular complexity index is 340. The van der Waals surface area contributed by atoms with Gasteiger partial charge in [-0.1, -0.05) is 0 Å². The van der Waals surface area contributed by atoms with Crippen LogP contribution in [0.5, 0.6) is 0 Å². The molecule has 0 aliphatic heterocycles. The van der Waals surface area contributed by atoms with Gasteiger partial charge in [0.25, 0.3) is 0 Å². The molecule has 1 aromatic heterocycles. The van der Waals surface area contributed by atoms with E-state index in [2.05, 4.69) is 10.3 Å². The van der Waals surface area contributed by atoms with Gasteiger partial charge in [-0.05, 0) is 0 Å². The van der Waals surface area contributed by atoms with Crippen LogP contribution in [0.1, 0.15) is 26.2 Å². The molecule has 0 unspecified atom stereocenters. The zero-order valence-electron chi connectivity index (χ0n) is 9.31. The molecule has 0 atom stereocenters. The normalized spacial score (nSPS) is 10.1. The van der Waals surface area contributed by atoms with Crippen molar-refractivity contribution < 1.29 is 15.6 Å². The van der Waals surface area contributed by atoms with Crippen LogP contribution in [0.3, 0.4) is 0 Å². The summed E-state index contributed by atoms with van der Waals surface area (Å²) >= 11 is -3.06. The first-order chi connectivity index (χ1) is 7.72. The van der Waals surface area contributed by atoms with E-state index in [1.807, 2.05) is 6.92 Å². The van der Waals surface area contributed by atoms with Crippen LogP contribution < -0.4 is 4.68 Å². The van der Waals surface area contributed by atoms with Crippen LogP contribution in [0.2, 0.25) is 4.44 Å². The average Bonchev–Trinajstić information content (AvgIpc) is 2.76. The Kier molecular flexibility index (Phi) is 6.20. The number of aryl methyl sites for hydroxylation is 1. The van der Waals surface area contributed by atoms with Gasteiger partial charge in [0, 0.05) is 0 Å². The first-order valence-electron chi connectivity index (χ1n) is 5.34. The number of carbonyl (C=O) groups is 1. The molecule has 16 heavy (non-hydrogen) atoms. The van der Waals surface area contributed by atoms with E-state index in [4.69, 9.17) is 3.07 Å². The standard InChI is InChI=1S/C5H7N3O2.C4H9.O.Sn/c9-5(10)1-3-8-4-2-6-7-8;1-3-4-2;;/h2,4H,1,3H2,(H,9,10);1,3-4H2,2H3;;/q;;;+1. The van der Waals surface area contributed by atoms with E-state index in [0.29, 0.717) is 11.0 Å². The van der Waals surface area contributed by atoms with E-state index in [1.54, 1.807) is 17.1 Å². The van der Waals surface area contributed by atoms with Crippen molar-refractivity contribution in [2.75, 3.05) is 0 Å². The molecular weight excluding hydrogens is 317 g/mol. The first-order valence-corrected chi connectivity index (χ1v) is 9.69. The Morgan fingerprint density at radius 2 is 2.44 bits per heavy atom. The second kappa shape index (κ2) is 7.48. The molecule has 1 rings (SSSR count). The van der Waals surface area contributed by atoms with Gasteiger partial charge in [-0.15, -0.1) is 0 Å². The molecule has 0 saturated carbocycles. The van der Waals surface area contributed by atoms with Crippen LogP contribution in [-0.2, 0) is 17.5 Å². The van der Waals surface area contributed by atoms with E-state index in [-0.39, 0.29) is 12.4 Å². The average molecular weight is 333 g/mol. The molecule has 1 aromatic rings. The van der Waals surface area contributed by atoms with Crippen LogP contribution in [0, 0.1) is 0 Å². The Morgan fingerprint density at radius 1 is 1.62 bits per heavy atom. The van der Waals surface area contributed by atoms with Gasteiger partial charge in [0.15, 0.2) is 0 Å². The summed E-state index contributed by atoms with van der Waals surface area (Å²) in [5.74, 6) is -0.373. The van der Waals surface area contributed by atoms with Crippen LogP contribution in [0.25, 0.3) is 0 Å². The predicted octanol–water partition coefficient (Wildman–Crippen LogP) is 0.349. The van der Waals surface area contributed by atoms with Crippen LogP contribution >= 0.6 is 0 Å². The van der Waals surface area contributed by atoms with Crippen molar-refractivity contribution in [3.8, 4) is 0 Å². The molecule has 0 amide bonds. The Morgan fingerprint density at radius 3 is 3.06 bits per heavy atom. The summed E-state index contributed by atoms with van der Waals surface area (Å²) < 4.78 is 18.5. The third-order valence-electron chi connectivity index (χ3n) is 2.03. The summed E-state index contributed by atoms with van der Waals surface area (Å²) in [6.07, 6.45) is 5.41. The van der Waals surface area contributed by atoms with Crippen LogP contribution in [-0.4, -0.2) is 36.4 Å². The van der Waals surface area contributed by atoms with Crippen molar-refractivity contribution >= 4 is 26.1 Å². The molecule has 88 valence electrons. The van der Waals surface area contributed by atoms with Crippen molar-refractivity contribution in [3.63, 3.8) is 0 Å². The number of hydrogen-bond donors (Lipinski definition) is 1. The van der Waals surface area contributed by atoms with Crippen molar-refractivity contribution in [2.24, 2.45) is 0 Å². The van der Waals surface area contributed by atoms with E-state index in [1.165, 1.54) is 0 Å². The molecule has 7 heteroatoms. The Labute approximate surface area is 102 Å². The first kappa shape index (κ1) is 13.3. The second-order valence-corrected chi connectivity index (χ2v) is 7.55. The number of aromatic nitrogens is 3. The molecule has 0 fully saturated rings. The predicted molar refractivity (Wildman–Crippen MR) is 55.6 cm³/mol. The number of aromatic amines is 1. The van der Waals surface area contributed by atoms with E-state index >= 15 is 0 Å². The van der Waals surface area contributed by atoms with Gasteiger partial charge in [-0.2, -0.15) is 0 Å². The van der Waals surface area contributed by atoms with Gasteiger partial charge < -0.3 is 0 Å². The Balaban J connectivity index is 2.18. The molecule has 6 nitrogen and oxygen atoms in total. The molecule has 0 aromatic carbocycles. The zero-order valence-corrected chi connectivity index (χ0v) is 12.2. The molecule has 1 heterocycles. The number of nitrogens with one attached hydrogen (secondary N) is 1. The van der Waals surface area contributed by atoms with E-state index in [0.717, 1.165) is 12.8 Å². The summed E-state index contributed by atoms with van der Waals surface area (Å²) in [7, 11) is 0. The van der Waals surface area contributed by atoms with Crippen molar-refractivity contribution in [2.45, 2.75) is 37.2 Å². The minimum absolute atomic E-state index is 0.227. The summed E-state index contributed by atoms with van der Waals surface area (Å²) in [5, 5.41) is 6.41. The third-order valence-corrected chi connectivity index (χ3v) is 5.50. The number of hydrogen-bond acceptors (Lipinski definition) is 4. The number of H-pyrrole nitrogens is 1. The number of nitrogens with zero attached hydrogens (tertiary/aromatic N) is 2. The molecule has 0 bridgehead atoms. The second-order valence-electron chi connectivity index (χ2n) is 3.42. The number of rotatable bonds is 7.